The fourth-order valence-corrected chi connectivity index (χ4v) is 3.13. The number of aromatic nitrogens is 1. The Morgan fingerprint density at radius 3 is 2.59 bits per heavy atom. The molecule has 1 N–H and O–H groups in total. The van der Waals surface area contributed by atoms with Gasteiger partial charge < -0.3 is 14.8 Å². The Kier molecular flexibility index (Phi) is 6.67. The molecule has 7 heteroatoms. The zero-order valence-electron chi connectivity index (χ0n) is 16.0. The highest BCUT2D eigenvalue weighted by Gasteiger charge is 2.14. The number of hydrogen-bond acceptors (Lipinski definition) is 4. The average Bonchev–Trinajstić information content (AvgIpc) is 2.73. The lowest BCUT2D eigenvalue weighted by Crippen LogP contribution is -2.26. The molecule has 5 nitrogen and oxygen atoms in total. The van der Waals surface area contributed by atoms with Crippen molar-refractivity contribution in [3.8, 4) is 22.8 Å². The second-order valence-electron chi connectivity index (χ2n) is 6.22. The van der Waals surface area contributed by atoms with Crippen LogP contribution in [0.1, 0.15) is 15.9 Å². The van der Waals surface area contributed by atoms with Crippen molar-refractivity contribution in [2.24, 2.45) is 0 Å². The molecule has 150 valence electrons. The van der Waals surface area contributed by atoms with Crippen molar-refractivity contribution in [2.75, 3.05) is 20.8 Å². The number of rotatable bonds is 7. The maximum Gasteiger partial charge on any atom is 0.254 e. The summed E-state index contributed by atoms with van der Waals surface area (Å²) in [6.45, 7) is 0.349. The molecule has 3 rings (SSSR count). The molecule has 2 aromatic carbocycles. The van der Waals surface area contributed by atoms with Crippen molar-refractivity contribution in [3.05, 3.63) is 76.7 Å². The van der Waals surface area contributed by atoms with E-state index in [2.05, 4.69) is 10.3 Å². The van der Waals surface area contributed by atoms with Crippen LogP contribution < -0.4 is 14.8 Å². The Bertz CT molecular complexity index is 1030. The van der Waals surface area contributed by atoms with Crippen LogP contribution in [0.3, 0.4) is 0 Å². The summed E-state index contributed by atoms with van der Waals surface area (Å²) >= 11 is 6.10. The Morgan fingerprint density at radius 1 is 1.10 bits per heavy atom. The molecule has 0 aliphatic carbocycles. The molecule has 1 heterocycles. The summed E-state index contributed by atoms with van der Waals surface area (Å²) in [6, 6.07) is 13.2. The Hall–Kier alpha value is -3.12. The van der Waals surface area contributed by atoms with Crippen LogP contribution in [0.25, 0.3) is 11.3 Å². The Morgan fingerprint density at radius 2 is 1.90 bits per heavy atom. The van der Waals surface area contributed by atoms with Crippen LogP contribution in [0, 0.1) is 5.82 Å². The van der Waals surface area contributed by atoms with Crippen LogP contribution in [-0.4, -0.2) is 31.7 Å². The highest BCUT2D eigenvalue weighted by molar-refractivity contribution is 6.33. The molecular weight excluding hydrogens is 395 g/mol. The fraction of sp³-hybridized carbons (Fsp3) is 0.182. The van der Waals surface area contributed by atoms with Gasteiger partial charge in [-0.15, -0.1) is 0 Å². The molecule has 0 spiro atoms. The average molecular weight is 415 g/mol. The van der Waals surface area contributed by atoms with E-state index in [1.165, 1.54) is 12.1 Å². The molecule has 0 unspecified atom stereocenters. The van der Waals surface area contributed by atoms with Crippen LogP contribution in [-0.2, 0) is 6.42 Å². The third-order valence-corrected chi connectivity index (χ3v) is 4.70. The molecule has 1 amide bonds. The first kappa shape index (κ1) is 20.6. The summed E-state index contributed by atoms with van der Waals surface area (Å²) in [5, 5.41) is 3.15. The summed E-state index contributed by atoms with van der Waals surface area (Å²) in [6.07, 6.45) is 2.14. The molecule has 0 atom stereocenters. The van der Waals surface area contributed by atoms with E-state index in [0.717, 1.165) is 5.56 Å². The molecule has 0 saturated carbocycles. The minimum atomic E-state index is -0.632. The van der Waals surface area contributed by atoms with Crippen LogP contribution in [0.2, 0.25) is 5.02 Å². The van der Waals surface area contributed by atoms with Gasteiger partial charge in [-0.2, -0.15) is 0 Å². The van der Waals surface area contributed by atoms with Gasteiger partial charge in [-0.25, -0.2) is 4.39 Å². The minimum absolute atomic E-state index is 0.0342. The van der Waals surface area contributed by atoms with Crippen molar-refractivity contribution in [1.29, 1.82) is 0 Å². The number of ether oxygens (including phenoxy) is 2. The van der Waals surface area contributed by atoms with Gasteiger partial charge in [0, 0.05) is 18.3 Å². The molecule has 0 radical (unpaired) electrons. The number of carbonyl (C=O) groups excluding carboxylic acids is 1. The first-order valence-electron chi connectivity index (χ1n) is 8.93. The number of carbonyl (C=O) groups is 1. The number of halogens is 2. The van der Waals surface area contributed by atoms with Crippen LogP contribution in [0.15, 0.2) is 54.7 Å². The molecule has 0 bridgehead atoms. The van der Waals surface area contributed by atoms with Crippen molar-refractivity contribution in [2.45, 2.75) is 6.42 Å². The largest absolute Gasteiger partial charge is 0.493 e. The fourth-order valence-electron chi connectivity index (χ4n) is 2.90. The first-order valence-corrected chi connectivity index (χ1v) is 9.31. The summed E-state index contributed by atoms with van der Waals surface area (Å²) in [5.74, 6) is 0.135. The number of nitrogens with one attached hydrogen (secondary N) is 1. The van der Waals surface area contributed by atoms with Gasteiger partial charge in [-0.05, 0) is 48.4 Å². The van der Waals surface area contributed by atoms with Gasteiger partial charge >= 0.3 is 0 Å². The van der Waals surface area contributed by atoms with E-state index in [9.17, 15) is 9.18 Å². The van der Waals surface area contributed by atoms with Gasteiger partial charge in [-0.3, -0.25) is 9.78 Å². The minimum Gasteiger partial charge on any atom is -0.493 e. The van der Waals surface area contributed by atoms with Gasteiger partial charge in [-0.1, -0.05) is 23.7 Å². The maximum absolute atomic E-state index is 14.5. The molecule has 0 fully saturated rings. The normalized spacial score (nSPS) is 10.5. The van der Waals surface area contributed by atoms with E-state index in [4.69, 9.17) is 21.1 Å². The van der Waals surface area contributed by atoms with E-state index in [1.54, 1.807) is 44.7 Å². The molecule has 0 aliphatic heterocycles. The third kappa shape index (κ3) is 4.84. The topological polar surface area (TPSA) is 60.5 Å². The second kappa shape index (κ2) is 9.39. The predicted molar refractivity (Wildman–Crippen MR) is 110 cm³/mol. The monoisotopic (exact) mass is 414 g/mol. The number of benzene rings is 2. The zero-order chi connectivity index (χ0) is 20.8. The highest BCUT2D eigenvalue weighted by atomic mass is 35.5. The predicted octanol–water partition coefficient (Wildman–Crippen LogP) is 4.53. The van der Waals surface area contributed by atoms with Crippen molar-refractivity contribution in [3.63, 3.8) is 0 Å². The lowest BCUT2D eigenvalue weighted by molar-refractivity contribution is 0.0950. The van der Waals surface area contributed by atoms with Crippen LogP contribution in [0.5, 0.6) is 11.5 Å². The molecule has 0 saturated heterocycles. The van der Waals surface area contributed by atoms with E-state index in [0.29, 0.717) is 40.7 Å². The van der Waals surface area contributed by atoms with E-state index >= 15 is 0 Å². The molecule has 3 aromatic rings. The quantitative estimate of drug-likeness (QED) is 0.617. The third-order valence-electron chi connectivity index (χ3n) is 4.39. The number of hydrogen-bond donors (Lipinski definition) is 1. The lowest BCUT2D eigenvalue weighted by Gasteiger charge is -2.11. The van der Waals surface area contributed by atoms with E-state index in [-0.39, 0.29) is 5.56 Å². The summed E-state index contributed by atoms with van der Waals surface area (Å²) in [7, 11) is 3.13. The number of amides is 1. The highest BCUT2D eigenvalue weighted by Crippen LogP contribution is 2.28. The van der Waals surface area contributed by atoms with Gasteiger partial charge in [0.25, 0.3) is 5.91 Å². The summed E-state index contributed by atoms with van der Waals surface area (Å²) in [4.78, 5) is 16.5. The second-order valence-corrected chi connectivity index (χ2v) is 6.63. The number of methoxy groups -OCH3 is 2. The van der Waals surface area contributed by atoms with Crippen molar-refractivity contribution in [1.82, 2.24) is 10.3 Å². The molecule has 0 aliphatic rings. The van der Waals surface area contributed by atoms with Gasteiger partial charge in [0.2, 0.25) is 0 Å². The maximum atomic E-state index is 14.5. The zero-order valence-corrected chi connectivity index (χ0v) is 16.8. The SMILES string of the molecule is COc1ccc(CCNC(=O)c2ccc(-c3ncccc3Cl)cc2F)cc1OC. The molecular formula is C22H20ClFN2O3. The van der Waals surface area contributed by atoms with Crippen molar-refractivity contribution < 1.29 is 18.7 Å². The Balaban J connectivity index is 1.65. The number of nitrogens with zero attached hydrogens (tertiary/aromatic N) is 1. The standard InChI is InChI=1S/C22H20ClFN2O3/c1-28-19-8-5-14(12-20(19)29-2)9-11-26-22(27)16-7-6-15(13-18(16)24)21-17(23)4-3-10-25-21/h3-8,10,12-13H,9,11H2,1-2H3,(H,26,27). The summed E-state index contributed by atoms with van der Waals surface area (Å²) < 4.78 is 25.0. The van der Waals surface area contributed by atoms with Crippen LogP contribution in [0.4, 0.5) is 4.39 Å². The van der Waals surface area contributed by atoms with Crippen molar-refractivity contribution >= 4 is 17.5 Å². The van der Waals surface area contributed by atoms with Gasteiger partial charge in [0.05, 0.1) is 30.5 Å². The first-order chi connectivity index (χ1) is 14.0. The van der Waals surface area contributed by atoms with E-state index in [1.807, 2.05) is 12.1 Å². The van der Waals surface area contributed by atoms with Gasteiger partial charge in [0.1, 0.15) is 5.82 Å². The van der Waals surface area contributed by atoms with E-state index < -0.39 is 11.7 Å². The number of pyridine rings is 1. The molecule has 29 heavy (non-hydrogen) atoms. The Labute approximate surface area is 173 Å². The lowest BCUT2D eigenvalue weighted by atomic mass is 10.1. The summed E-state index contributed by atoms with van der Waals surface area (Å²) in [5.41, 5.74) is 1.90. The van der Waals surface area contributed by atoms with Crippen LogP contribution >= 0.6 is 11.6 Å². The smallest absolute Gasteiger partial charge is 0.254 e. The molecule has 1 aromatic heterocycles. The van der Waals surface area contributed by atoms with Gasteiger partial charge in [0.15, 0.2) is 11.5 Å².